The molecule has 1 aliphatic rings. The van der Waals surface area contributed by atoms with Gasteiger partial charge in [0.05, 0.1) is 0 Å². The molecule has 0 bridgehead atoms. The number of piperidine rings is 1. The fraction of sp³-hybridized carbons (Fsp3) is 0.421. The average molecular weight is 389 g/mol. The lowest BCUT2D eigenvalue weighted by atomic mass is 9.99. The molecule has 5 nitrogen and oxygen atoms in total. The average Bonchev–Trinajstić information content (AvgIpc) is 3.08. The quantitative estimate of drug-likeness (QED) is 0.435. The number of hydrogen-bond donors (Lipinski definition) is 1. The first kappa shape index (κ1) is 19.1. The van der Waals surface area contributed by atoms with E-state index < -0.39 is 0 Å². The van der Waals surface area contributed by atoms with Crippen molar-refractivity contribution in [1.29, 1.82) is 0 Å². The van der Waals surface area contributed by atoms with Crippen LogP contribution in [0.2, 0.25) is 0 Å². The van der Waals surface area contributed by atoms with E-state index in [0.717, 1.165) is 35.6 Å². The number of likely N-dealkylation sites (tertiary alicyclic amines) is 1. The summed E-state index contributed by atoms with van der Waals surface area (Å²) in [5.74, 6) is 1.40. The minimum absolute atomic E-state index is 0.153. The number of nitrogens with zero attached hydrogens (tertiary/aromatic N) is 3. The van der Waals surface area contributed by atoms with Crippen LogP contribution in [0.5, 0.6) is 0 Å². The van der Waals surface area contributed by atoms with Crippen LogP contribution in [0.15, 0.2) is 41.3 Å². The van der Waals surface area contributed by atoms with E-state index in [9.17, 15) is 4.79 Å². The van der Waals surface area contributed by atoms with Crippen molar-refractivity contribution in [2.75, 3.05) is 24.2 Å². The largest absolute Gasteiger partial charge is 0.299 e. The summed E-state index contributed by atoms with van der Waals surface area (Å²) in [7, 11) is 0. The van der Waals surface area contributed by atoms with Crippen molar-refractivity contribution in [3.63, 3.8) is 0 Å². The summed E-state index contributed by atoms with van der Waals surface area (Å²) in [5, 5.41) is 11.4. The monoisotopic (exact) mass is 388 g/mol. The van der Waals surface area contributed by atoms with Crippen LogP contribution >= 0.6 is 23.1 Å². The summed E-state index contributed by atoms with van der Waals surface area (Å²) in [6.45, 7) is 9.27. The van der Waals surface area contributed by atoms with Gasteiger partial charge in [0.2, 0.25) is 5.13 Å². The van der Waals surface area contributed by atoms with Crippen LogP contribution in [0, 0.1) is 5.92 Å². The van der Waals surface area contributed by atoms with Gasteiger partial charge in [-0.25, -0.2) is 0 Å². The number of anilines is 1. The molecule has 0 radical (unpaired) electrons. The van der Waals surface area contributed by atoms with Crippen LogP contribution in [-0.2, 0) is 6.54 Å². The number of carbonyl (C=O) groups excluding carboxylic acids is 1. The standard InChI is InChI=1S/C19H24N4OS2/c1-3-11-25-19-22-21-18(26-19)20-17(24)16-8-6-15(7-9-16)13-23-10-4-5-14(2)12-23/h3,6-9,14H,1,4-5,10-13H2,2H3,(H,20,21,24). The lowest BCUT2D eigenvalue weighted by Crippen LogP contribution is -2.33. The van der Waals surface area contributed by atoms with Gasteiger partial charge in [0.1, 0.15) is 0 Å². The maximum atomic E-state index is 12.4. The third kappa shape index (κ3) is 5.40. The SMILES string of the molecule is C=CCSc1nnc(NC(=O)c2ccc(CN3CCCC(C)C3)cc2)s1. The zero-order valence-electron chi connectivity index (χ0n) is 15.0. The van der Waals surface area contributed by atoms with Crippen LogP contribution < -0.4 is 5.32 Å². The second-order valence-electron chi connectivity index (χ2n) is 6.61. The maximum absolute atomic E-state index is 12.4. The zero-order valence-corrected chi connectivity index (χ0v) is 16.6. The number of thioether (sulfide) groups is 1. The molecule has 1 atom stereocenters. The Bertz CT molecular complexity index is 744. The Morgan fingerprint density at radius 1 is 1.42 bits per heavy atom. The third-order valence-electron chi connectivity index (χ3n) is 4.32. The van der Waals surface area contributed by atoms with E-state index >= 15 is 0 Å². The predicted molar refractivity (Wildman–Crippen MR) is 109 cm³/mol. The van der Waals surface area contributed by atoms with E-state index in [1.165, 1.54) is 29.7 Å². The van der Waals surface area contributed by atoms with Crippen LogP contribution in [-0.4, -0.2) is 39.8 Å². The summed E-state index contributed by atoms with van der Waals surface area (Å²) < 4.78 is 0.825. The van der Waals surface area contributed by atoms with Gasteiger partial charge in [-0.15, -0.1) is 16.8 Å². The van der Waals surface area contributed by atoms with E-state index in [1.807, 2.05) is 30.3 Å². The van der Waals surface area contributed by atoms with E-state index in [4.69, 9.17) is 0 Å². The predicted octanol–water partition coefficient (Wildman–Crippen LogP) is 4.30. The minimum Gasteiger partial charge on any atom is -0.299 e. The molecule has 1 amide bonds. The van der Waals surface area contributed by atoms with Gasteiger partial charge in [0.25, 0.3) is 5.91 Å². The van der Waals surface area contributed by atoms with Gasteiger partial charge in [-0.3, -0.25) is 15.0 Å². The molecule has 2 aromatic rings. The summed E-state index contributed by atoms with van der Waals surface area (Å²) in [5.41, 5.74) is 1.88. The molecule has 0 spiro atoms. The molecule has 0 aliphatic carbocycles. The van der Waals surface area contributed by atoms with E-state index in [-0.39, 0.29) is 5.91 Å². The fourth-order valence-electron chi connectivity index (χ4n) is 3.07. The Kier molecular flexibility index (Phi) is 6.82. The molecule has 1 aromatic heterocycles. The molecule has 2 heterocycles. The maximum Gasteiger partial charge on any atom is 0.257 e. The van der Waals surface area contributed by atoms with Crippen molar-refractivity contribution in [1.82, 2.24) is 15.1 Å². The molecule has 138 valence electrons. The van der Waals surface area contributed by atoms with Crippen molar-refractivity contribution in [2.24, 2.45) is 5.92 Å². The molecule has 1 saturated heterocycles. The molecule has 7 heteroatoms. The Morgan fingerprint density at radius 3 is 2.96 bits per heavy atom. The number of nitrogens with one attached hydrogen (secondary N) is 1. The zero-order chi connectivity index (χ0) is 18.4. The Hall–Kier alpha value is -1.70. The summed E-state index contributed by atoms with van der Waals surface area (Å²) in [4.78, 5) is 14.9. The normalized spacial score (nSPS) is 17.8. The van der Waals surface area contributed by atoms with Gasteiger partial charge < -0.3 is 0 Å². The van der Waals surface area contributed by atoms with Gasteiger partial charge in [0.15, 0.2) is 4.34 Å². The minimum atomic E-state index is -0.153. The van der Waals surface area contributed by atoms with Crippen molar-refractivity contribution < 1.29 is 4.79 Å². The van der Waals surface area contributed by atoms with Gasteiger partial charge in [-0.05, 0) is 43.0 Å². The second kappa shape index (κ2) is 9.30. The first-order valence-corrected chi connectivity index (χ1v) is 10.6. The number of hydrogen-bond acceptors (Lipinski definition) is 6. The van der Waals surface area contributed by atoms with Gasteiger partial charge in [-0.2, -0.15) is 0 Å². The molecular weight excluding hydrogens is 364 g/mol. The van der Waals surface area contributed by atoms with Gasteiger partial charge in [-0.1, -0.05) is 48.2 Å². The Balaban J connectivity index is 1.54. The van der Waals surface area contributed by atoms with Crippen molar-refractivity contribution >= 4 is 34.1 Å². The summed E-state index contributed by atoms with van der Waals surface area (Å²) in [6, 6.07) is 7.85. The van der Waals surface area contributed by atoms with Crippen LogP contribution in [0.25, 0.3) is 0 Å². The highest BCUT2D eigenvalue weighted by Gasteiger charge is 2.16. The number of amides is 1. The molecule has 1 fully saturated rings. The molecule has 1 aliphatic heterocycles. The molecule has 26 heavy (non-hydrogen) atoms. The lowest BCUT2D eigenvalue weighted by Gasteiger charge is -2.30. The highest BCUT2D eigenvalue weighted by molar-refractivity contribution is 8.01. The third-order valence-corrected chi connectivity index (χ3v) is 6.28. The van der Waals surface area contributed by atoms with Crippen LogP contribution in [0.4, 0.5) is 5.13 Å². The van der Waals surface area contributed by atoms with Crippen LogP contribution in [0.3, 0.4) is 0 Å². The van der Waals surface area contributed by atoms with Gasteiger partial charge in [0, 0.05) is 24.4 Å². The molecular formula is C19H24N4OS2. The smallest absolute Gasteiger partial charge is 0.257 e. The molecule has 1 unspecified atom stereocenters. The van der Waals surface area contributed by atoms with E-state index in [0.29, 0.717) is 10.7 Å². The van der Waals surface area contributed by atoms with E-state index in [1.54, 1.807) is 11.8 Å². The van der Waals surface area contributed by atoms with Crippen LogP contribution in [0.1, 0.15) is 35.7 Å². The number of aromatic nitrogens is 2. The first-order valence-electron chi connectivity index (χ1n) is 8.84. The van der Waals surface area contributed by atoms with Crippen molar-refractivity contribution in [3.05, 3.63) is 48.0 Å². The summed E-state index contributed by atoms with van der Waals surface area (Å²) >= 11 is 2.93. The second-order valence-corrected chi connectivity index (χ2v) is 8.85. The van der Waals surface area contributed by atoms with Crippen molar-refractivity contribution in [3.8, 4) is 0 Å². The Labute approximate surface area is 162 Å². The molecule has 3 rings (SSSR count). The Morgan fingerprint density at radius 2 is 2.23 bits per heavy atom. The highest BCUT2D eigenvalue weighted by Crippen LogP contribution is 2.25. The number of rotatable bonds is 7. The molecule has 1 N–H and O–H groups in total. The fourth-order valence-corrected chi connectivity index (χ4v) is 4.58. The number of carbonyl (C=O) groups is 1. The molecule has 0 saturated carbocycles. The topological polar surface area (TPSA) is 58.1 Å². The first-order chi connectivity index (χ1) is 12.6. The highest BCUT2D eigenvalue weighted by atomic mass is 32.2. The van der Waals surface area contributed by atoms with Gasteiger partial charge >= 0.3 is 0 Å². The molecule has 1 aromatic carbocycles. The lowest BCUT2D eigenvalue weighted by molar-refractivity contribution is 0.102. The summed E-state index contributed by atoms with van der Waals surface area (Å²) in [6.07, 6.45) is 4.42. The number of benzene rings is 1. The van der Waals surface area contributed by atoms with E-state index in [2.05, 4.69) is 33.9 Å². The van der Waals surface area contributed by atoms with Crippen molar-refractivity contribution in [2.45, 2.75) is 30.6 Å².